The highest BCUT2D eigenvalue weighted by molar-refractivity contribution is 9.11. The predicted molar refractivity (Wildman–Crippen MR) is 152 cm³/mol. The molecule has 1 atom stereocenters. The van der Waals surface area contributed by atoms with Gasteiger partial charge < -0.3 is 15.3 Å². The number of rotatable bonds is 6. The summed E-state index contributed by atoms with van der Waals surface area (Å²) in [6.07, 6.45) is 0.726. The number of halogens is 3. The molecule has 0 radical (unpaired) electrons. The molecular weight excluding hydrogens is 636 g/mol. The molecule has 180 valence electrons. The van der Waals surface area contributed by atoms with Crippen LogP contribution in [0.15, 0.2) is 92.3 Å². The first-order valence-corrected chi connectivity index (χ1v) is 13.5. The highest BCUT2D eigenvalue weighted by Crippen LogP contribution is 2.38. The molecule has 0 amide bonds. The standard InChI is InChI=1S/C29H25Br3O3/c1-29(2,21-9-12-28(35)25(32)16-21)20-7-4-18(5-8-20)22(19-6-11-27(34)24(31)15-19)13-17-3-10-26(33)23(30)14-17/h3-12,14-16,22,33-35H,13H2,1-2H3. The zero-order valence-corrected chi connectivity index (χ0v) is 24.0. The van der Waals surface area contributed by atoms with E-state index in [0.29, 0.717) is 13.4 Å². The Hall–Kier alpha value is -2.28. The van der Waals surface area contributed by atoms with Crippen LogP contribution in [0.5, 0.6) is 17.2 Å². The number of phenolic OH excluding ortho intramolecular Hbond substituents is 3. The third-order valence-corrected chi connectivity index (χ3v) is 8.44. The molecule has 35 heavy (non-hydrogen) atoms. The van der Waals surface area contributed by atoms with Crippen LogP contribution in [0, 0.1) is 0 Å². The predicted octanol–water partition coefficient (Wildman–Crippen LogP) is 8.79. The van der Waals surface area contributed by atoms with Crippen LogP contribution >= 0.6 is 47.8 Å². The van der Waals surface area contributed by atoms with Gasteiger partial charge in [0.25, 0.3) is 0 Å². The van der Waals surface area contributed by atoms with Crippen LogP contribution in [-0.2, 0) is 11.8 Å². The van der Waals surface area contributed by atoms with Gasteiger partial charge in [-0.15, -0.1) is 0 Å². The van der Waals surface area contributed by atoms with Crippen LogP contribution in [0.4, 0.5) is 0 Å². The summed E-state index contributed by atoms with van der Waals surface area (Å²) in [6.45, 7) is 4.34. The van der Waals surface area contributed by atoms with Crippen LogP contribution in [0.25, 0.3) is 0 Å². The maximum absolute atomic E-state index is 10.0. The molecule has 0 bridgehead atoms. The van der Waals surface area contributed by atoms with Crippen molar-refractivity contribution in [1.82, 2.24) is 0 Å². The molecule has 6 heteroatoms. The van der Waals surface area contributed by atoms with Crippen molar-refractivity contribution < 1.29 is 15.3 Å². The van der Waals surface area contributed by atoms with Crippen molar-refractivity contribution in [2.45, 2.75) is 31.6 Å². The minimum atomic E-state index is -0.256. The van der Waals surface area contributed by atoms with E-state index in [1.54, 1.807) is 18.2 Å². The van der Waals surface area contributed by atoms with Crippen LogP contribution in [0.3, 0.4) is 0 Å². The summed E-state index contributed by atoms with van der Waals surface area (Å²) in [6, 6.07) is 25.5. The molecule has 0 saturated carbocycles. The van der Waals surface area contributed by atoms with Crippen molar-refractivity contribution in [2.75, 3.05) is 0 Å². The molecule has 0 spiro atoms. The molecule has 0 aromatic heterocycles. The molecule has 1 unspecified atom stereocenters. The van der Waals surface area contributed by atoms with E-state index >= 15 is 0 Å². The summed E-state index contributed by atoms with van der Waals surface area (Å²) in [7, 11) is 0. The first-order valence-electron chi connectivity index (χ1n) is 11.1. The second kappa shape index (κ2) is 10.4. The Labute approximate surface area is 230 Å². The van der Waals surface area contributed by atoms with Gasteiger partial charge in [-0.05, 0) is 118 Å². The second-order valence-electron chi connectivity index (χ2n) is 9.17. The van der Waals surface area contributed by atoms with Crippen LogP contribution in [-0.4, -0.2) is 15.3 Å². The molecule has 4 rings (SSSR count). The molecule has 3 nitrogen and oxygen atoms in total. The number of aromatic hydroxyl groups is 3. The Morgan fingerprint density at radius 3 is 1.66 bits per heavy atom. The van der Waals surface area contributed by atoms with Crippen molar-refractivity contribution in [2.24, 2.45) is 0 Å². The maximum Gasteiger partial charge on any atom is 0.129 e. The molecule has 4 aromatic carbocycles. The average molecular weight is 661 g/mol. The third-order valence-electron chi connectivity index (χ3n) is 6.53. The Balaban J connectivity index is 1.72. The molecule has 0 heterocycles. The fraction of sp³-hybridized carbons (Fsp3) is 0.172. The number of phenols is 3. The minimum absolute atomic E-state index is 0.0447. The molecule has 3 N–H and O–H groups in total. The number of benzene rings is 4. The number of hydrogen-bond acceptors (Lipinski definition) is 3. The van der Waals surface area contributed by atoms with Gasteiger partial charge in [-0.25, -0.2) is 0 Å². The summed E-state index contributed by atoms with van der Waals surface area (Å²) in [5.41, 5.74) is 5.32. The minimum Gasteiger partial charge on any atom is -0.507 e. The maximum atomic E-state index is 10.0. The zero-order chi connectivity index (χ0) is 25.3. The van der Waals surface area contributed by atoms with Crippen molar-refractivity contribution in [3.8, 4) is 17.2 Å². The topological polar surface area (TPSA) is 60.7 Å². The van der Waals surface area contributed by atoms with Gasteiger partial charge in [0.1, 0.15) is 17.2 Å². The van der Waals surface area contributed by atoms with E-state index in [9.17, 15) is 15.3 Å². The van der Waals surface area contributed by atoms with E-state index in [4.69, 9.17) is 0 Å². The van der Waals surface area contributed by atoms with Gasteiger partial charge in [0, 0.05) is 11.3 Å². The van der Waals surface area contributed by atoms with Gasteiger partial charge in [-0.3, -0.25) is 0 Å². The van der Waals surface area contributed by atoms with E-state index in [1.165, 1.54) is 0 Å². The molecule has 4 aromatic rings. The molecule has 0 fully saturated rings. The third kappa shape index (κ3) is 5.60. The van der Waals surface area contributed by atoms with Gasteiger partial charge in [0.05, 0.1) is 13.4 Å². The Morgan fingerprint density at radius 1 is 0.600 bits per heavy atom. The van der Waals surface area contributed by atoms with Crippen molar-refractivity contribution in [1.29, 1.82) is 0 Å². The van der Waals surface area contributed by atoms with E-state index in [2.05, 4.69) is 85.9 Å². The van der Waals surface area contributed by atoms with Gasteiger partial charge in [0.2, 0.25) is 0 Å². The molecule has 0 aliphatic rings. The molecule has 0 saturated heterocycles. The highest BCUT2D eigenvalue weighted by Gasteiger charge is 2.25. The quantitative estimate of drug-likeness (QED) is 0.194. The summed E-state index contributed by atoms with van der Waals surface area (Å²) < 4.78 is 2.00. The van der Waals surface area contributed by atoms with E-state index in [1.807, 2.05) is 36.4 Å². The number of hydrogen-bond donors (Lipinski definition) is 3. The zero-order valence-electron chi connectivity index (χ0n) is 19.3. The smallest absolute Gasteiger partial charge is 0.129 e. The van der Waals surface area contributed by atoms with Crippen LogP contribution < -0.4 is 0 Å². The molecule has 0 aliphatic carbocycles. The second-order valence-corrected chi connectivity index (χ2v) is 11.7. The fourth-order valence-electron chi connectivity index (χ4n) is 4.28. The van der Waals surface area contributed by atoms with Gasteiger partial charge in [-0.2, -0.15) is 0 Å². The monoisotopic (exact) mass is 658 g/mol. The average Bonchev–Trinajstić information content (AvgIpc) is 2.83. The first kappa shape index (κ1) is 25.8. The lowest BCUT2D eigenvalue weighted by Crippen LogP contribution is -2.19. The Kier molecular flexibility index (Phi) is 7.65. The SMILES string of the molecule is CC(C)(c1ccc(C(Cc2ccc(O)c(Br)c2)c2ccc(O)c(Br)c2)cc1)c1ccc(O)c(Br)c1. The Bertz CT molecular complexity index is 1360. The van der Waals surface area contributed by atoms with E-state index < -0.39 is 0 Å². The lowest BCUT2D eigenvalue weighted by molar-refractivity contribution is 0.470. The summed E-state index contributed by atoms with van der Waals surface area (Å²) in [4.78, 5) is 0. The fourth-order valence-corrected chi connectivity index (χ4v) is 5.48. The van der Waals surface area contributed by atoms with Crippen molar-refractivity contribution >= 4 is 47.8 Å². The molecular formula is C29H25Br3O3. The van der Waals surface area contributed by atoms with Gasteiger partial charge in [-0.1, -0.05) is 56.3 Å². The lowest BCUT2D eigenvalue weighted by Gasteiger charge is -2.27. The lowest BCUT2D eigenvalue weighted by atomic mass is 9.77. The van der Waals surface area contributed by atoms with Crippen LogP contribution in [0.2, 0.25) is 0 Å². The van der Waals surface area contributed by atoms with Crippen molar-refractivity contribution in [3.63, 3.8) is 0 Å². The largest absolute Gasteiger partial charge is 0.507 e. The van der Waals surface area contributed by atoms with E-state index in [0.717, 1.165) is 34.2 Å². The van der Waals surface area contributed by atoms with Gasteiger partial charge >= 0.3 is 0 Å². The first-order chi connectivity index (χ1) is 16.6. The van der Waals surface area contributed by atoms with Crippen molar-refractivity contribution in [3.05, 3.63) is 120 Å². The Morgan fingerprint density at radius 2 is 1.09 bits per heavy atom. The summed E-state index contributed by atoms with van der Waals surface area (Å²) in [5.74, 6) is 0.689. The summed E-state index contributed by atoms with van der Waals surface area (Å²) >= 11 is 10.3. The van der Waals surface area contributed by atoms with Crippen LogP contribution in [0.1, 0.15) is 47.6 Å². The highest BCUT2D eigenvalue weighted by atomic mass is 79.9. The summed E-state index contributed by atoms with van der Waals surface area (Å²) in [5, 5.41) is 29.8. The van der Waals surface area contributed by atoms with E-state index in [-0.39, 0.29) is 28.6 Å². The normalized spacial score (nSPS) is 12.5. The molecule has 0 aliphatic heterocycles. The van der Waals surface area contributed by atoms with Gasteiger partial charge in [0.15, 0.2) is 0 Å².